The Bertz CT molecular complexity index is 491. The summed E-state index contributed by atoms with van der Waals surface area (Å²) in [5.41, 5.74) is 1.75. The van der Waals surface area contributed by atoms with Gasteiger partial charge < -0.3 is 5.32 Å². The smallest absolute Gasteiger partial charge is 0.126 e. The van der Waals surface area contributed by atoms with Gasteiger partial charge in [-0.3, -0.25) is 0 Å². The third-order valence-electron chi connectivity index (χ3n) is 2.91. The molecule has 0 aliphatic carbocycles. The standard InChI is InChI=1S/C15H15F2N/c1-18-15(12-5-3-2-4-6-12)9-11-7-13(16)10-14(17)8-11/h2-8,10,15,18H,9H2,1H3. The minimum Gasteiger partial charge on any atom is -0.313 e. The van der Waals surface area contributed by atoms with Crippen molar-refractivity contribution in [2.24, 2.45) is 0 Å². The quantitative estimate of drug-likeness (QED) is 0.872. The van der Waals surface area contributed by atoms with Crippen LogP contribution in [0.25, 0.3) is 0 Å². The van der Waals surface area contributed by atoms with E-state index in [1.165, 1.54) is 12.1 Å². The summed E-state index contributed by atoms with van der Waals surface area (Å²) in [7, 11) is 1.84. The molecule has 0 amide bonds. The molecule has 0 fully saturated rings. The molecule has 3 heteroatoms. The average molecular weight is 247 g/mol. The van der Waals surface area contributed by atoms with E-state index in [2.05, 4.69) is 5.32 Å². The predicted molar refractivity (Wildman–Crippen MR) is 68.3 cm³/mol. The normalized spacial score (nSPS) is 12.4. The van der Waals surface area contributed by atoms with E-state index in [0.717, 1.165) is 11.6 Å². The lowest BCUT2D eigenvalue weighted by Crippen LogP contribution is -2.18. The van der Waals surface area contributed by atoms with E-state index in [9.17, 15) is 8.78 Å². The molecule has 0 saturated heterocycles. The van der Waals surface area contributed by atoms with Gasteiger partial charge in [-0.15, -0.1) is 0 Å². The van der Waals surface area contributed by atoms with Crippen LogP contribution in [0.2, 0.25) is 0 Å². The van der Waals surface area contributed by atoms with Gasteiger partial charge in [-0.2, -0.15) is 0 Å². The summed E-state index contributed by atoms with van der Waals surface area (Å²) in [6.45, 7) is 0. The van der Waals surface area contributed by atoms with Crippen LogP contribution < -0.4 is 5.32 Å². The lowest BCUT2D eigenvalue weighted by molar-refractivity contribution is 0.562. The number of halogens is 2. The lowest BCUT2D eigenvalue weighted by atomic mass is 9.99. The molecule has 0 heterocycles. The van der Waals surface area contributed by atoms with Crippen molar-refractivity contribution in [3.05, 3.63) is 71.3 Å². The fourth-order valence-electron chi connectivity index (χ4n) is 2.04. The van der Waals surface area contributed by atoms with Crippen LogP contribution in [0, 0.1) is 11.6 Å². The van der Waals surface area contributed by atoms with Crippen LogP contribution in [0.5, 0.6) is 0 Å². The number of hydrogen-bond donors (Lipinski definition) is 1. The molecule has 2 aromatic carbocycles. The van der Waals surface area contributed by atoms with E-state index in [1.54, 1.807) is 0 Å². The third kappa shape index (κ3) is 3.14. The van der Waals surface area contributed by atoms with Gasteiger partial charge >= 0.3 is 0 Å². The number of nitrogens with one attached hydrogen (secondary N) is 1. The summed E-state index contributed by atoms with van der Waals surface area (Å²) >= 11 is 0. The minimum absolute atomic E-state index is 0.0485. The fourth-order valence-corrected chi connectivity index (χ4v) is 2.04. The molecule has 94 valence electrons. The van der Waals surface area contributed by atoms with Crippen LogP contribution >= 0.6 is 0 Å². The third-order valence-corrected chi connectivity index (χ3v) is 2.91. The van der Waals surface area contributed by atoms with Crippen molar-refractivity contribution in [3.63, 3.8) is 0 Å². The Morgan fingerprint density at radius 2 is 1.61 bits per heavy atom. The first-order valence-electron chi connectivity index (χ1n) is 5.86. The van der Waals surface area contributed by atoms with Crippen LogP contribution in [-0.4, -0.2) is 7.05 Å². The molecule has 1 unspecified atom stereocenters. The number of benzene rings is 2. The monoisotopic (exact) mass is 247 g/mol. The van der Waals surface area contributed by atoms with Gasteiger partial charge in [0.1, 0.15) is 11.6 Å². The summed E-state index contributed by atoms with van der Waals surface area (Å²) in [6.07, 6.45) is 0.551. The van der Waals surface area contributed by atoms with Gasteiger partial charge in [0.05, 0.1) is 0 Å². The predicted octanol–water partition coefficient (Wildman–Crippen LogP) is 3.47. The zero-order valence-electron chi connectivity index (χ0n) is 10.2. The van der Waals surface area contributed by atoms with Crippen molar-refractivity contribution >= 4 is 0 Å². The molecule has 2 aromatic rings. The van der Waals surface area contributed by atoms with Gasteiger partial charge in [0.25, 0.3) is 0 Å². The number of rotatable bonds is 4. The molecule has 0 spiro atoms. The van der Waals surface area contributed by atoms with E-state index in [-0.39, 0.29) is 6.04 Å². The fraction of sp³-hybridized carbons (Fsp3) is 0.200. The zero-order chi connectivity index (χ0) is 13.0. The van der Waals surface area contributed by atoms with Gasteiger partial charge in [0.15, 0.2) is 0 Å². The maximum Gasteiger partial charge on any atom is 0.126 e. The van der Waals surface area contributed by atoms with Crippen molar-refractivity contribution in [1.29, 1.82) is 0 Å². The highest BCUT2D eigenvalue weighted by molar-refractivity contribution is 5.24. The molecule has 1 N–H and O–H groups in total. The van der Waals surface area contributed by atoms with Crippen LogP contribution in [-0.2, 0) is 6.42 Å². The zero-order valence-corrected chi connectivity index (χ0v) is 10.2. The molecule has 0 aliphatic rings. The van der Waals surface area contributed by atoms with Crippen molar-refractivity contribution in [2.45, 2.75) is 12.5 Å². The van der Waals surface area contributed by atoms with Crippen LogP contribution in [0.1, 0.15) is 17.2 Å². The summed E-state index contributed by atoms with van der Waals surface area (Å²) in [6, 6.07) is 13.5. The first-order valence-corrected chi connectivity index (χ1v) is 5.86. The van der Waals surface area contributed by atoms with Gasteiger partial charge in [-0.1, -0.05) is 30.3 Å². The van der Waals surface area contributed by atoms with Crippen LogP contribution in [0.4, 0.5) is 8.78 Å². The Balaban J connectivity index is 2.20. The molecule has 0 radical (unpaired) electrons. The van der Waals surface area contributed by atoms with Gasteiger partial charge in [0.2, 0.25) is 0 Å². The summed E-state index contributed by atoms with van der Waals surface area (Å²) in [5, 5.41) is 3.16. The lowest BCUT2D eigenvalue weighted by Gasteiger charge is -2.16. The Morgan fingerprint density at radius 3 is 2.17 bits per heavy atom. The van der Waals surface area contributed by atoms with Crippen molar-refractivity contribution in [1.82, 2.24) is 5.32 Å². The van der Waals surface area contributed by atoms with E-state index in [4.69, 9.17) is 0 Å². The summed E-state index contributed by atoms with van der Waals surface area (Å²) in [4.78, 5) is 0. The second-order valence-corrected chi connectivity index (χ2v) is 4.23. The first kappa shape index (κ1) is 12.7. The highest BCUT2D eigenvalue weighted by Gasteiger charge is 2.11. The van der Waals surface area contributed by atoms with E-state index < -0.39 is 11.6 Å². The van der Waals surface area contributed by atoms with Gasteiger partial charge in [0, 0.05) is 12.1 Å². The number of likely N-dealkylation sites (N-methyl/N-ethyl adjacent to an activating group) is 1. The molecule has 1 atom stereocenters. The average Bonchev–Trinajstić information content (AvgIpc) is 2.36. The maximum absolute atomic E-state index is 13.1. The van der Waals surface area contributed by atoms with Crippen LogP contribution in [0.15, 0.2) is 48.5 Å². The molecular formula is C15H15F2N. The SMILES string of the molecule is CNC(Cc1cc(F)cc(F)c1)c1ccccc1. The highest BCUT2D eigenvalue weighted by Crippen LogP contribution is 2.19. The summed E-state index contributed by atoms with van der Waals surface area (Å²) < 4.78 is 26.2. The Morgan fingerprint density at radius 1 is 1.00 bits per heavy atom. The molecule has 2 rings (SSSR count). The Kier molecular flexibility index (Phi) is 4.05. The molecule has 18 heavy (non-hydrogen) atoms. The second kappa shape index (κ2) is 5.74. The second-order valence-electron chi connectivity index (χ2n) is 4.23. The maximum atomic E-state index is 13.1. The number of hydrogen-bond acceptors (Lipinski definition) is 1. The van der Waals surface area contributed by atoms with Gasteiger partial charge in [-0.05, 0) is 36.7 Å². The van der Waals surface area contributed by atoms with E-state index in [0.29, 0.717) is 12.0 Å². The largest absolute Gasteiger partial charge is 0.313 e. The molecule has 0 aromatic heterocycles. The van der Waals surface area contributed by atoms with Crippen molar-refractivity contribution < 1.29 is 8.78 Å². The van der Waals surface area contributed by atoms with E-state index >= 15 is 0 Å². The van der Waals surface area contributed by atoms with Crippen LogP contribution in [0.3, 0.4) is 0 Å². The molecule has 0 saturated carbocycles. The Labute approximate surface area is 105 Å². The van der Waals surface area contributed by atoms with E-state index in [1.807, 2.05) is 37.4 Å². The topological polar surface area (TPSA) is 12.0 Å². The highest BCUT2D eigenvalue weighted by atomic mass is 19.1. The molecular weight excluding hydrogens is 232 g/mol. The van der Waals surface area contributed by atoms with Crippen molar-refractivity contribution in [3.8, 4) is 0 Å². The molecule has 1 nitrogen and oxygen atoms in total. The summed E-state index contributed by atoms with van der Waals surface area (Å²) in [5.74, 6) is -1.07. The Hall–Kier alpha value is -1.74. The molecule has 0 aliphatic heterocycles. The van der Waals surface area contributed by atoms with Gasteiger partial charge in [-0.25, -0.2) is 8.78 Å². The first-order chi connectivity index (χ1) is 8.69. The molecule has 0 bridgehead atoms. The minimum atomic E-state index is -0.534. The van der Waals surface area contributed by atoms with Crippen molar-refractivity contribution in [2.75, 3.05) is 7.05 Å².